The maximum atomic E-state index is 5.47. The summed E-state index contributed by atoms with van der Waals surface area (Å²) < 4.78 is 26.1. The second-order valence-electron chi connectivity index (χ2n) is 21.4. The van der Waals surface area contributed by atoms with Crippen molar-refractivity contribution in [1.82, 2.24) is 0 Å². The molecule has 5 nitrogen and oxygen atoms in total. The molecule has 0 saturated heterocycles. The fourth-order valence-corrected chi connectivity index (χ4v) is 10.3. The number of hydrogen-bond acceptors (Lipinski definition) is 5. The number of fused-ring (bicyclic) bond motifs is 5. The molecule has 0 saturated carbocycles. The van der Waals surface area contributed by atoms with E-state index in [0.29, 0.717) is 6.61 Å². The van der Waals surface area contributed by atoms with Crippen LogP contribution in [-0.4, -0.2) is 34.0 Å². The van der Waals surface area contributed by atoms with Crippen LogP contribution in [-0.2, 0) is 56.3 Å². The Morgan fingerprint density at radius 3 is 1.09 bits per heavy atom. The van der Waals surface area contributed by atoms with E-state index in [1.807, 2.05) is 130 Å². The Kier molecular flexibility index (Phi) is 31.7. The molecule has 0 radical (unpaired) electrons. The molecule has 0 N–H and O–H groups in total. The maximum absolute atomic E-state index is 5.47. The average molecular weight is 1170 g/mol. The van der Waals surface area contributed by atoms with Crippen molar-refractivity contribution in [2.75, 3.05) is 34.0 Å². The van der Waals surface area contributed by atoms with Gasteiger partial charge in [0.25, 0.3) is 0 Å². The minimum atomic E-state index is 0.709. The standard InChI is InChI=1S/C12H16O.C12H12O.C12H16.C12H12.C11H10O.2C8H10O.C8H10/c2*1-2-13-12-8-7-10-5-3-4-6-11(10)9-12;2*1-2-10-7-8-11-5-3-4-6-12(11)9-10;1-12-11-7-6-9-4-2-3-5-10(9)8-11;1-9-7-8-5-3-2-4-6-8;1-2-9-8-6-4-3-5-7-8;1-2-8-6-4-3-5-7-8/h7-9H,2-6H2,1H3;3-9H,2H2,1H3;7-9H,2-6H2,1H3;3-9H,2H2,1H3;2-8H,1H3;2-6H,7H2,1H3;3-7H,2H2,1H3;3-7H,2H2,1H3. The summed E-state index contributed by atoms with van der Waals surface area (Å²) in [5.41, 5.74) is 11.8. The number of para-hydroxylation sites is 1. The lowest BCUT2D eigenvalue weighted by Gasteiger charge is -2.16. The highest BCUT2D eigenvalue weighted by Gasteiger charge is 2.10. The van der Waals surface area contributed by atoms with Crippen LogP contribution in [0.3, 0.4) is 0 Å². The Morgan fingerprint density at radius 2 is 0.614 bits per heavy atom. The van der Waals surface area contributed by atoms with Crippen LogP contribution in [0.5, 0.6) is 23.0 Å². The molecule has 0 spiro atoms. The molecule has 0 amide bonds. The van der Waals surface area contributed by atoms with Gasteiger partial charge in [-0.1, -0.05) is 227 Å². The largest absolute Gasteiger partial charge is 0.497 e. The normalized spacial score (nSPS) is 11.4. The van der Waals surface area contributed by atoms with Crippen molar-refractivity contribution in [3.05, 3.63) is 299 Å². The number of hydrogen-bond donors (Lipinski definition) is 0. The Balaban J connectivity index is 0.000000161. The Labute approximate surface area is 528 Å². The molecule has 2 aliphatic rings. The Morgan fingerprint density at radius 1 is 0.261 bits per heavy atom. The minimum Gasteiger partial charge on any atom is -0.497 e. The van der Waals surface area contributed by atoms with Gasteiger partial charge in [-0.2, -0.15) is 0 Å². The van der Waals surface area contributed by atoms with Gasteiger partial charge < -0.3 is 23.7 Å². The van der Waals surface area contributed by atoms with Crippen LogP contribution in [0.1, 0.15) is 112 Å². The van der Waals surface area contributed by atoms with Crippen LogP contribution in [0, 0.1) is 0 Å². The van der Waals surface area contributed by atoms with Crippen LogP contribution < -0.4 is 18.9 Å². The third-order valence-corrected chi connectivity index (χ3v) is 15.1. The maximum Gasteiger partial charge on any atom is 0.119 e. The summed E-state index contributed by atoms with van der Waals surface area (Å²) in [6.45, 7) is 15.5. The fraction of sp³-hybridized carbons (Fsp3) is 0.277. The zero-order valence-corrected chi connectivity index (χ0v) is 53.9. The molecule has 13 rings (SSSR count). The second-order valence-corrected chi connectivity index (χ2v) is 21.4. The van der Waals surface area contributed by atoms with Gasteiger partial charge in [0.15, 0.2) is 0 Å². The van der Waals surface area contributed by atoms with Crippen LogP contribution in [0.25, 0.3) is 32.3 Å². The molecular formula is C83H96O5. The summed E-state index contributed by atoms with van der Waals surface area (Å²) in [5.74, 6) is 3.83. The molecule has 458 valence electrons. The highest BCUT2D eigenvalue weighted by molar-refractivity contribution is 5.85. The first kappa shape index (κ1) is 68.5. The quantitative estimate of drug-likeness (QED) is 0.122. The molecule has 5 heteroatoms. The fourth-order valence-electron chi connectivity index (χ4n) is 10.3. The number of aryl methyl sites for hydroxylation is 7. The molecule has 2 aliphatic carbocycles. The molecule has 88 heavy (non-hydrogen) atoms. The molecule has 0 aliphatic heterocycles. The topological polar surface area (TPSA) is 46.2 Å². The Hall–Kier alpha value is -8.64. The lowest BCUT2D eigenvalue weighted by molar-refractivity contribution is 0.185. The zero-order chi connectivity index (χ0) is 62.2. The summed E-state index contributed by atoms with van der Waals surface area (Å²) in [6, 6.07) is 87.8. The summed E-state index contributed by atoms with van der Waals surface area (Å²) in [7, 11) is 3.39. The van der Waals surface area contributed by atoms with E-state index in [9.17, 15) is 0 Å². The highest BCUT2D eigenvalue weighted by atomic mass is 16.5. The van der Waals surface area contributed by atoms with Gasteiger partial charge in [0, 0.05) is 7.11 Å². The van der Waals surface area contributed by atoms with Crippen LogP contribution in [0.15, 0.2) is 255 Å². The molecule has 0 aromatic heterocycles. The molecule has 11 aromatic carbocycles. The number of benzene rings is 11. The van der Waals surface area contributed by atoms with Gasteiger partial charge >= 0.3 is 0 Å². The average Bonchev–Trinajstić information content (AvgIpc) is 3.67. The first-order chi connectivity index (χ1) is 43.3. The van der Waals surface area contributed by atoms with E-state index in [-0.39, 0.29) is 0 Å². The molecule has 0 atom stereocenters. The van der Waals surface area contributed by atoms with E-state index in [2.05, 4.69) is 166 Å². The predicted molar refractivity (Wildman–Crippen MR) is 376 cm³/mol. The van der Waals surface area contributed by atoms with Gasteiger partial charge in [0.1, 0.15) is 23.0 Å². The molecule has 11 aromatic rings. The van der Waals surface area contributed by atoms with Crippen LogP contribution in [0.4, 0.5) is 0 Å². The van der Waals surface area contributed by atoms with Crippen molar-refractivity contribution in [3.8, 4) is 23.0 Å². The van der Waals surface area contributed by atoms with Crippen LogP contribution >= 0.6 is 0 Å². The SMILES string of the molecule is CCOc1ccc2c(c1)CCCC2.CCOc1ccc2ccccc2c1.CCOc1ccccc1.CCc1ccc2c(c1)CCCC2.CCc1ccc2ccccc2c1.CCc1ccccc1.COCc1ccccc1.COc1ccc2ccccc2c1. The molecule has 0 heterocycles. The summed E-state index contributed by atoms with van der Waals surface area (Å²) in [4.78, 5) is 0. The summed E-state index contributed by atoms with van der Waals surface area (Å²) in [5, 5.41) is 7.63. The van der Waals surface area contributed by atoms with Gasteiger partial charge in [0.05, 0.1) is 33.5 Å². The monoisotopic (exact) mass is 1170 g/mol. The van der Waals surface area contributed by atoms with Gasteiger partial charge in [-0.05, 0) is 217 Å². The number of rotatable bonds is 12. The number of ether oxygens (including phenoxy) is 5. The van der Waals surface area contributed by atoms with Gasteiger partial charge in [-0.25, -0.2) is 0 Å². The van der Waals surface area contributed by atoms with Crippen molar-refractivity contribution in [3.63, 3.8) is 0 Å². The third-order valence-electron chi connectivity index (χ3n) is 15.1. The first-order valence-corrected chi connectivity index (χ1v) is 32.0. The summed E-state index contributed by atoms with van der Waals surface area (Å²) >= 11 is 0. The molecule has 0 bridgehead atoms. The molecule has 0 fully saturated rings. The predicted octanol–water partition coefficient (Wildman–Crippen LogP) is 21.7. The van der Waals surface area contributed by atoms with Gasteiger partial charge in [-0.3, -0.25) is 0 Å². The van der Waals surface area contributed by atoms with Gasteiger partial charge in [0.2, 0.25) is 0 Å². The minimum absolute atomic E-state index is 0.709. The zero-order valence-electron chi connectivity index (χ0n) is 53.9. The van der Waals surface area contributed by atoms with E-state index in [1.165, 1.54) is 123 Å². The smallest absolute Gasteiger partial charge is 0.119 e. The lowest BCUT2D eigenvalue weighted by Crippen LogP contribution is -2.03. The molecule has 0 unspecified atom stereocenters. The van der Waals surface area contributed by atoms with Crippen molar-refractivity contribution >= 4 is 32.3 Å². The van der Waals surface area contributed by atoms with E-state index in [1.54, 1.807) is 25.3 Å². The Bertz CT molecular complexity index is 3510. The van der Waals surface area contributed by atoms with E-state index in [4.69, 9.17) is 23.7 Å². The van der Waals surface area contributed by atoms with E-state index < -0.39 is 0 Å². The van der Waals surface area contributed by atoms with Crippen molar-refractivity contribution in [1.29, 1.82) is 0 Å². The highest BCUT2D eigenvalue weighted by Crippen LogP contribution is 2.26. The van der Waals surface area contributed by atoms with Crippen molar-refractivity contribution in [2.24, 2.45) is 0 Å². The molecular weight excluding hydrogens is 1080 g/mol. The van der Waals surface area contributed by atoms with E-state index >= 15 is 0 Å². The van der Waals surface area contributed by atoms with Crippen molar-refractivity contribution < 1.29 is 23.7 Å². The second kappa shape index (κ2) is 40.7. The number of methoxy groups -OCH3 is 2. The summed E-state index contributed by atoms with van der Waals surface area (Å²) in [6.07, 6.45) is 14.0. The van der Waals surface area contributed by atoms with E-state index in [0.717, 1.165) is 55.7 Å². The third kappa shape index (κ3) is 24.6. The first-order valence-electron chi connectivity index (χ1n) is 32.0. The van der Waals surface area contributed by atoms with Crippen LogP contribution in [0.2, 0.25) is 0 Å². The van der Waals surface area contributed by atoms with Crippen molar-refractivity contribution in [2.45, 2.75) is 119 Å². The van der Waals surface area contributed by atoms with Gasteiger partial charge in [-0.15, -0.1) is 0 Å². The lowest BCUT2D eigenvalue weighted by atomic mass is 9.90.